The molecule has 0 aliphatic carbocycles. The van der Waals surface area contributed by atoms with Gasteiger partial charge in [0.15, 0.2) is 0 Å². The highest BCUT2D eigenvalue weighted by Gasteiger charge is 2.40. The minimum Gasteiger partial charge on any atom is -0.444 e. The van der Waals surface area contributed by atoms with Gasteiger partial charge in [0, 0.05) is 12.1 Å². The number of rotatable bonds is 13. The first-order chi connectivity index (χ1) is 17.3. The van der Waals surface area contributed by atoms with E-state index in [9.17, 15) is 14.4 Å². The van der Waals surface area contributed by atoms with E-state index in [0.29, 0.717) is 12.8 Å². The van der Waals surface area contributed by atoms with Crippen LogP contribution in [0.25, 0.3) is 0 Å². The molecule has 0 radical (unpaired) electrons. The summed E-state index contributed by atoms with van der Waals surface area (Å²) < 4.78 is 5.48. The quantitative estimate of drug-likeness (QED) is 0.328. The number of aryl methyl sites for hydroxylation is 1. The van der Waals surface area contributed by atoms with Crippen molar-refractivity contribution in [3.63, 3.8) is 0 Å². The van der Waals surface area contributed by atoms with Gasteiger partial charge >= 0.3 is 6.09 Å². The van der Waals surface area contributed by atoms with Crippen LogP contribution in [0.1, 0.15) is 112 Å². The highest BCUT2D eigenvalue weighted by atomic mass is 16.6. The molecule has 0 heterocycles. The average Bonchev–Trinajstić information content (AvgIpc) is 2.83. The van der Waals surface area contributed by atoms with Gasteiger partial charge in [-0.1, -0.05) is 71.7 Å². The maximum absolute atomic E-state index is 14.3. The normalized spacial score (nSPS) is 15.6. The van der Waals surface area contributed by atoms with Crippen LogP contribution in [0.15, 0.2) is 24.3 Å². The number of carbonyl (C=O) groups excluding carboxylic acids is 3. The monoisotopic (exact) mass is 517 g/mol. The van der Waals surface area contributed by atoms with Crippen LogP contribution in [-0.4, -0.2) is 46.5 Å². The number of carbonyl (C=O) groups is 3. The molecule has 0 aliphatic heterocycles. The fourth-order valence-electron chi connectivity index (χ4n) is 4.27. The summed E-state index contributed by atoms with van der Waals surface area (Å²) >= 11 is 0. The smallest absolute Gasteiger partial charge is 0.408 e. The fraction of sp³-hybridized carbons (Fsp3) is 0.700. The Hall–Kier alpha value is -2.57. The van der Waals surface area contributed by atoms with E-state index in [1.165, 1.54) is 0 Å². The Kier molecular flexibility index (Phi) is 13.2. The lowest BCUT2D eigenvalue weighted by Gasteiger charge is -2.39. The van der Waals surface area contributed by atoms with Gasteiger partial charge in [-0.25, -0.2) is 4.79 Å². The van der Waals surface area contributed by atoms with Crippen LogP contribution in [0.3, 0.4) is 0 Å². The van der Waals surface area contributed by atoms with Crippen LogP contribution < -0.4 is 10.6 Å². The molecular weight excluding hydrogens is 466 g/mol. The van der Waals surface area contributed by atoms with E-state index >= 15 is 0 Å². The Morgan fingerprint density at radius 3 is 1.97 bits per heavy atom. The lowest BCUT2D eigenvalue weighted by Crippen LogP contribution is -2.57. The zero-order valence-electron chi connectivity index (χ0n) is 24.8. The van der Waals surface area contributed by atoms with Gasteiger partial charge in [0.25, 0.3) is 0 Å². The van der Waals surface area contributed by atoms with E-state index in [2.05, 4.69) is 24.5 Å². The third-order valence-corrected chi connectivity index (χ3v) is 6.81. The molecule has 0 aromatic heterocycles. The lowest BCUT2D eigenvalue weighted by molar-refractivity contribution is -0.146. The van der Waals surface area contributed by atoms with Crippen LogP contribution in [0.2, 0.25) is 0 Å². The first-order valence-electron chi connectivity index (χ1n) is 14.0. The molecular formula is C30H51N3O4. The Balaban J connectivity index is 3.57. The predicted octanol–water partition coefficient (Wildman–Crippen LogP) is 6.16. The topological polar surface area (TPSA) is 87.7 Å². The summed E-state index contributed by atoms with van der Waals surface area (Å²) in [5, 5.41) is 5.96. The molecule has 3 amide bonds. The molecule has 1 aromatic rings. The molecule has 0 spiro atoms. The number of alkyl carbamates (subject to hydrolysis) is 1. The first kappa shape index (κ1) is 32.5. The summed E-state index contributed by atoms with van der Waals surface area (Å²) in [7, 11) is 0. The third kappa shape index (κ3) is 10.0. The first-order valence-corrected chi connectivity index (χ1v) is 14.0. The Morgan fingerprint density at radius 1 is 0.919 bits per heavy atom. The number of ether oxygens (including phenoxy) is 1. The molecule has 0 bridgehead atoms. The number of benzene rings is 1. The summed E-state index contributed by atoms with van der Waals surface area (Å²) in [4.78, 5) is 42.5. The Labute approximate surface area is 225 Å². The van der Waals surface area contributed by atoms with Crippen molar-refractivity contribution >= 4 is 17.9 Å². The summed E-state index contributed by atoms with van der Waals surface area (Å²) in [5.41, 5.74) is 1.22. The number of hydrogen-bond acceptors (Lipinski definition) is 4. The molecule has 37 heavy (non-hydrogen) atoms. The minimum absolute atomic E-state index is 0.0194. The predicted molar refractivity (Wildman–Crippen MR) is 150 cm³/mol. The van der Waals surface area contributed by atoms with Gasteiger partial charge in [-0.2, -0.15) is 0 Å². The standard InChI is InChI=1S/C30H51N3O4/c1-11-15-21(6)31-27(34)26(24-18-16-23(14-4)17-19-24)33(22(7)13-3)28(35)25(20(5)12-2)32-29(36)37-30(8,9)10/h16-22,25-26H,11-15H2,1-10H3,(H,31,34)(H,32,36). The second-order valence-electron chi connectivity index (χ2n) is 11.2. The van der Waals surface area contributed by atoms with Crippen LogP contribution >= 0.6 is 0 Å². The summed E-state index contributed by atoms with van der Waals surface area (Å²) in [6.07, 6.45) is 3.37. The highest BCUT2D eigenvalue weighted by molar-refractivity contribution is 5.92. The molecule has 210 valence electrons. The molecule has 1 rings (SSSR count). The summed E-state index contributed by atoms with van der Waals surface area (Å²) in [6.45, 7) is 19.4. The van der Waals surface area contributed by atoms with Crippen LogP contribution in [0.5, 0.6) is 0 Å². The largest absolute Gasteiger partial charge is 0.444 e. The minimum atomic E-state index is -0.827. The van der Waals surface area contributed by atoms with E-state index in [4.69, 9.17) is 4.74 Å². The van der Waals surface area contributed by atoms with Gasteiger partial charge in [0.05, 0.1) is 0 Å². The lowest BCUT2D eigenvalue weighted by atomic mass is 9.93. The van der Waals surface area contributed by atoms with Crippen molar-refractivity contribution in [1.29, 1.82) is 0 Å². The zero-order chi connectivity index (χ0) is 28.3. The molecule has 5 unspecified atom stereocenters. The van der Waals surface area contributed by atoms with Gasteiger partial charge in [-0.05, 0) is 70.9 Å². The van der Waals surface area contributed by atoms with Crippen LogP contribution in [0.4, 0.5) is 4.79 Å². The number of nitrogens with one attached hydrogen (secondary N) is 2. The Bertz CT molecular complexity index is 863. The molecule has 0 fully saturated rings. The van der Waals surface area contributed by atoms with Crippen molar-refractivity contribution in [3.05, 3.63) is 35.4 Å². The second-order valence-corrected chi connectivity index (χ2v) is 11.2. The highest BCUT2D eigenvalue weighted by Crippen LogP contribution is 2.28. The number of nitrogens with zero attached hydrogens (tertiary/aromatic N) is 1. The maximum atomic E-state index is 14.3. The van der Waals surface area contributed by atoms with E-state index < -0.39 is 23.8 Å². The van der Waals surface area contributed by atoms with Crippen LogP contribution in [-0.2, 0) is 20.7 Å². The molecule has 0 saturated carbocycles. The van der Waals surface area contributed by atoms with E-state index in [-0.39, 0.29) is 29.8 Å². The second kappa shape index (κ2) is 15.0. The van der Waals surface area contributed by atoms with Gasteiger partial charge in [0.1, 0.15) is 17.7 Å². The molecule has 0 saturated heterocycles. The molecule has 7 nitrogen and oxygen atoms in total. The van der Waals surface area contributed by atoms with Crippen molar-refractivity contribution in [3.8, 4) is 0 Å². The van der Waals surface area contributed by atoms with Crippen molar-refractivity contribution in [2.75, 3.05) is 0 Å². The fourth-order valence-corrected chi connectivity index (χ4v) is 4.27. The third-order valence-electron chi connectivity index (χ3n) is 6.81. The van der Waals surface area contributed by atoms with Crippen LogP contribution in [0, 0.1) is 5.92 Å². The number of amides is 3. The average molecular weight is 518 g/mol. The van der Waals surface area contributed by atoms with Gasteiger partial charge in [-0.15, -0.1) is 0 Å². The van der Waals surface area contributed by atoms with Crippen molar-refractivity contribution in [2.45, 2.75) is 131 Å². The van der Waals surface area contributed by atoms with Gasteiger partial charge in [0.2, 0.25) is 11.8 Å². The van der Waals surface area contributed by atoms with Crippen molar-refractivity contribution in [2.24, 2.45) is 5.92 Å². The molecule has 0 aliphatic rings. The van der Waals surface area contributed by atoms with Gasteiger partial charge < -0.3 is 20.3 Å². The van der Waals surface area contributed by atoms with E-state index in [0.717, 1.165) is 30.4 Å². The maximum Gasteiger partial charge on any atom is 0.408 e. The Morgan fingerprint density at radius 2 is 1.51 bits per heavy atom. The molecule has 1 aromatic carbocycles. The van der Waals surface area contributed by atoms with Crippen molar-refractivity contribution in [1.82, 2.24) is 15.5 Å². The van der Waals surface area contributed by atoms with E-state index in [1.807, 2.05) is 58.9 Å². The molecule has 7 heteroatoms. The molecule has 5 atom stereocenters. The van der Waals surface area contributed by atoms with Gasteiger partial charge in [-0.3, -0.25) is 9.59 Å². The zero-order valence-corrected chi connectivity index (χ0v) is 24.8. The molecule has 2 N–H and O–H groups in total. The SMILES string of the molecule is CCCC(C)NC(=O)C(c1ccc(CC)cc1)N(C(=O)C(NC(=O)OC(C)(C)C)C(C)CC)C(C)CC. The van der Waals surface area contributed by atoms with Crippen molar-refractivity contribution < 1.29 is 19.1 Å². The summed E-state index contributed by atoms with van der Waals surface area (Å²) in [5.74, 6) is -0.645. The number of hydrogen-bond donors (Lipinski definition) is 2. The summed E-state index contributed by atoms with van der Waals surface area (Å²) in [6, 6.07) is 6.00. The van der Waals surface area contributed by atoms with E-state index in [1.54, 1.807) is 25.7 Å².